The molecule has 0 spiro atoms. The second kappa shape index (κ2) is 9.32. The summed E-state index contributed by atoms with van der Waals surface area (Å²) in [6, 6.07) is 0.834. The third-order valence-corrected chi connectivity index (χ3v) is 3.93. The van der Waals surface area contributed by atoms with Gasteiger partial charge in [-0.3, -0.25) is 4.79 Å². The summed E-state index contributed by atoms with van der Waals surface area (Å²) < 4.78 is 0. The number of nitrogens with zero attached hydrogens (tertiary/aromatic N) is 1. The van der Waals surface area contributed by atoms with Crippen LogP contribution < -0.4 is 5.32 Å². The van der Waals surface area contributed by atoms with Crippen LogP contribution in [0, 0.1) is 0 Å². The van der Waals surface area contributed by atoms with E-state index in [9.17, 15) is 4.79 Å². The lowest BCUT2D eigenvalue weighted by atomic mass is 9.95. The molecule has 4 nitrogen and oxygen atoms in total. The van der Waals surface area contributed by atoms with Crippen molar-refractivity contribution in [2.75, 3.05) is 19.7 Å². The van der Waals surface area contributed by atoms with Gasteiger partial charge in [0.1, 0.15) is 0 Å². The third kappa shape index (κ3) is 6.92. The first-order valence-corrected chi connectivity index (χ1v) is 7.77. The highest BCUT2D eigenvalue weighted by Gasteiger charge is 2.16. The van der Waals surface area contributed by atoms with Gasteiger partial charge in [0.2, 0.25) is 5.91 Å². The zero-order chi connectivity index (χ0) is 14.1. The molecule has 112 valence electrons. The van der Waals surface area contributed by atoms with E-state index >= 15 is 0 Å². The Morgan fingerprint density at radius 1 is 1.26 bits per heavy atom. The fraction of sp³-hybridized carbons (Fsp3) is 0.933. The van der Waals surface area contributed by atoms with Gasteiger partial charge in [0.25, 0.3) is 0 Å². The Morgan fingerprint density at radius 3 is 2.53 bits per heavy atom. The molecule has 19 heavy (non-hydrogen) atoms. The topological polar surface area (TPSA) is 52.6 Å². The molecule has 0 bridgehead atoms. The van der Waals surface area contributed by atoms with Gasteiger partial charge in [-0.1, -0.05) is 19.3 Å². The molecule has 1 rings (SSSR count). The lowest BCUT2D eigenvalue weighted by Gasteiger charge is -2.27. The van der Waals surface area contributed by atoms with Crippen LogP contribution in [-0.4, -0.2) is 47.7 Å². The maximum atomic E-state index is 11.9. The van der Waals surface area contributed by atoms with E-state index < -0.39 is 0 Å². The number of aliphatic hydroxyl groups excluding tert-OH is 1. The average Bonchev–Trinajstić information content (AvgIpc) is 2.39. The number of rotatable bonds is 8. The van der Waals surface area contributed by atoms with Crippen molar-refractivity contribution in [1.29, 1.82) is 0 Å². The SMILES string of the molecule is CC(C)N(CCCO)CCC(=O)NC1CCCCC1. The number of aliphatic hydroxyl groups is 1. The molecule has 0 aromatic carbocycles. The van der Waals surface area contributed by atoms with Gasteiger partial charge in [-0.15, -0.1) is 0 Å². The Morgan fingerprint density at radius 2 is 1.95 bits per heavy atom. The Kier molecular flexibility index (Phi) is 8.07. The summed E-state index contributed by atoms with van der Waals surface area (Å²) in [6.07, 6.45) is 7.45. The highest BCUT2D eigenvalue weighted by Crippen LogP contribution is 2.17. The van der Waals surface area contributed by atoms with Gasteiger partial charge in [-0.2, -0.15) is 0 Å². The molecule has 1 fully saturated rings. The van der Waals surface area contributed by atoms with Crippen LogP contribution in [0.4, 0.5) is 0 Å². The van der Waals surface area contributed by atoms with Crippen LogP contribution in [0.25, 0.3) is 0 Å². The molecule has 0 atom stereocenters. The predicted molar refractivity (Wildman–Crippen MR) is 78.0 cm³/mol. The van der Waals surface area contributed by atoms with Crippen molar-refractivity contribution >= 4 is 5.91 Å². The Labute approximate surface area is 117 Å². The molecule has 0 aromatic rings. The number of carbonyl (C=O) groups is 1. The van der Waals surface area contributed by atoms with Crippen LogP contribution in [0.3, 0.4) is 0 Å². The first kappa shape index (κ1) is 16.4. The third-order valence-electron chi connectivity index (χ3n) is 3.93. The van der Waals surface area contributed by atoms with Crippen molar-refractivity contribution in [2.45, 2.75) is 70.9 Å². The number of carbonyl (C=O) groups excluding carboxylic acids is 1. The van der Waals surface area contributed by atoms with Crippen LogP contribution in [0.15, 0.2) is 0 Å². The summed E-state index contributed by atoms with van der Waals surface area (Å²) in [6.45, 7) is 6.14. The standard InChI is InChI=1S/C15H30N2O2/c1-13(2)17(10-6-12-18)11-9-15(19)16-14-7-4-3-5-8-14/h13-14,18H,3-12H2,1-2H3,(H,16,19). The van der Waals surface area contributed by atoms with Gasteiger partial charge in [-0.25, -0.2) is 0 Å². The molecule has 0 heterocycles. The highest BCUT2D eigenvalue weighted by molar-refractivity contribution is 5.76. The molecular formula is C15H30N2O2. The maximum Gasteiger partial charge on any atom is 0.221 e. The van der Waals surface area contributed by atoms with Crippen LogP contribution in [-0.2, 0) is 4.79 Å². The van der Waals surface area contributed by atoms with Crippen LogP contribution >= 0.6 is 0 Å². The minimum absolute atomic E-state index is 0.182. The summed E-state index contributed by atoms with van der Waals surface area (Å²) >= 11 is 0. The molecule has 0 saturated heterocycles. The smallest absolute Gasteiger partial charge is 0.221 e. The molecule has 1 saturated carbocycles. The van der Waals surface area contributed by atoms with E-state index in [1.165, 1.54) is 19.3 Å². The predicted octanol–water partition coefficient (Wildman–Crippen LogP) is 1.92. The van der Waals surface area contributed by atoms with E-state index in [-0.39, 0.29) is 12.5 Å². The number of hydrogen-bond acceptors (Lipinski definition) is 3. The molecule has 0 aliphatic heterocycles. The van der Waals surface area contributed by atoms with E-state index in [1.807, 2.05) is 0 Å². The fourth-order valence-corrected chi connectivity index (χ4v) is 2.69. The Bertz CT molecular complexity index is 251. The summed E-state index contributed by atoms with van der Waals surface area (Å²) in [7, 11) is 0. The number of amides is 1. The number of hydrogen-bond donors (Lipinski definition) is 2. The molecule has 0 aromatic heterocycles. The molecule has 1 aliphatic carbocycles. The van der Waals surface area contributed by atoms with Crippen molar-refractivity contribution in [3.8, 4) is 0 Å². The molecule has 0 unspecified atom stereocenters. The monoisotopic (exact) mass is 270 g/mol. The van der Waals surface area contributed by atoms with Crippen LogP contribution in [0.2, 0.25) is 0 Å². The minimum Gasteiger partial charge on any atom is -0.396 e. The lowest BCUT2D eigenvalue weighted by Crippen LogP contribution is -2.40. The van der Waals surface area contributed by atoms with E-state index in [0.29, 0.717) is 18.5 Å². The molecule has 2 N–H and O–H groups in total. The summed E-state index contributed by atoms with van der Waals surface area (Å²) in [5.74, 6) is 0.182. The van der Waals surface area contributed by atoms with Gasteiger partial charge in [-0.05, 0) is 33.1 Å². The first-order chi connectivity index (χ1) is 9.13. The first-order valence-electron chi connectivity index (χ1n) is 7.77. The Hall–Kier alpha value is -0.610. The van der Waals surface area contributed by atoms with Crippen molar-refractivity contribution in [3.05, 3.63) is 0 Å². The van der Waals surface area contributed by atoms with Crippen LogP contribution in [0.5, 0.6) is 0 Å². The molecule has 1 amide bonds. The average molecular weight is 270 g/mol. The zero-order valence-corrected chi connectivity index (χ0v) is 12.5. The fourth-order valence-electron chi connectivity index (χ4n) is 2.69. The van der Waals surface area contributed by atoms with Gasteiger partial charge >= 0.3 is 0 Å². The zero-order valence-electron chi connectivity index (χ0n) is 12.5. The summed E-state index contributed by atoms with van der Waals surface area (Å²) in [5.41, 5.74) is 0. The van der Waals surface area contributed by atoms with E-state index in [1.54, 1.807) is 0 Å². The van der Waals surface area contributed by atoms with Crippen LogP contribution in [0.1, 0.15) is 58.8 Å². The van der Waals surface area contributed by atoms with Crippen molar-refractivity contribution in [2.24, 2.45) is 0 Å². The van der Waals surface area contributed by atoms with Gasteiger partial charge in [0, 0.05) is 38.2 Å². The molecule has 4 heteroatoms. The maximum absolute atomic E-state index is 11.9. The number of nitrogens with one attached hydrogen (secondary N) is 1. The van der Waals surface area contributed by atoms with Gasteiger partial charge in [0.05, 0.1) is 0 Å². The van der Waals surface area contributed by atoms with E-state index in [2.05, 4.69) is 24.1 Å². The van der Waals surface area contributed by atoms with Crippen molar-refractivity contribution in [1.82, 2.24) is 10.2 Å². The molecule has 0 radical (unpaired) electrons. The second-order valence-electron chi connectivity index (χ2n) is 5.86. The van der Waals surface area contributed by atoms with E-state index in [0.717, 1.165) is 32.4 Å². The Balaban J connectivity index is 2.22. The minimum atomic E-state index is 0.182. The highest BCUT2D eigenvalue weighted by atomic mass is 16.3. The summed E-state index contributed by atoms with van der Waals surface area (Å²) in [4.78, 5) is 14.2. The van der Waals surface area contributed by atoms with Crippen molar-refractivity contribution in [3.63, 3.8) is 0 Å². The molecular weight excluding hydrogens is 240 g/mol. The van der Waals surface area contributed by atoms with Crippen molar-refractivity contribution < 1.29 is 9.90 Å². The molecule has 1 aliphatic rings. The second-order valence-corrected chi connectivity index (χ2v) is 5.86. The largest absolute Gasteiger partial charge is 0.396 e. The van der Waals surface area contributed by atoms with Gasteiger partial charge in [0.15, 0.2) is 0 Å². The lowest BCUT2D eigenvalue weighted by molar-refractivity contribution is -0.122. The van der Waals surface area contributed by atoms with Gasteiger partial charge < -0.3 is 15.3 Å². The summed E-state index contributed by atoms with van der Waals surface area (Å²) in [5, 5.41) is 12.0. The van der Waals surface area contributed by atoms with E-state index in [4.69, 9.17) is 5.11 Å². The normalized spacial score (nSPS) is 17.1. The quantitative estimate of drug-likeness (QED) is 0.708.